The van der Waals surface area contributed by atoms with Gasteiger partial charge in [0.15, 0.2) is 11.8 Å². The van der Waals surface area contributed by atoms with E-state index in [9.17, 15) is 9.18 Å². The highest BCUT2D eigenvalue weighted by molar-refractivity contribution is 14.0. The number of aromatic nitrogens is 2. The summed E-state index contributed by atoms with van der Waals surface area (Å²) in [5.74, 6) is 0.732. The first-order valence-electron chi connectivity index (χ1n) is 8.94. The number of benzene rings is 1. The van der Waals surface area contributed by atoms with E-state index in [0.717, 1.165) is 0 Å². The number of guanidine groups is 1. The number of rotatable bonds is 3. The Bertz CT molecular complexity index is 977. The molecule has 0 bridgehead atoms. The van der Waals surface area contributed by atoms with E-state index in [4.69, 9.17) is 5.26 Å². The zero-order chi connectivity index (χ0) is 20.1. The van der Waals surface area contributed by atoms with Crippen LogP contribution in [-0.2, 0) is 13.6 Å². The van der Waals surface area contributed by atoms with Crippen LogP contribution in [-0.4, -0.2) is 53.6 Å². The molecule has 154 valence electrons. The number of aliphatic imine (C=N–C) groups is 1. The molecule has 0 saturated carbocycles. The van der Waals surface area contributed by atoms with Crippen LogP contribution in [0.3, 0.4) is 0 Å². The number of halogens is 2. The lowest BCUT2D eigenvalue weighted by Gasteiger charge is -2.36. The number of hydrogen-bond donors (Lipinski definition) is 1. The monoisotopic (exact) mass is 511 g/mol. The number of piperazine rings is 1. The Balaban J connectivity index is 0.00000300. The Morgan fingerprint density at radius 3 is 2.72 bits per heavy atom. The highest BCUT2D eigenvalue weighted by Crippen LogP contribution is 2.11. The van der Waals surface area contributed by atoms with Crippen LogP contribution < -0.4 is 15.8 Å². The summed E-state index contributed by atoms with van der Waals surface area (Å²) < 4.78 is 15.5. The third-order valence-corrected chi connectivity index (χ3v) is 4.70. The van der Waals surface area contributed by atoms with Crippen molar-refractivity contribution in [2.24, 2.45) is 12.0 Å². The minimum Gasteiger partial charge on any atom is -0.352 e. The normalized spacial score (nSPS) is 14.2. The van der Waals surface area contributed by atoms with Crippen LogP contribution in [0.25, 0.3) is 0 Å². The van der Waals surface area contributed by atoms with Crippen molar-refractivity contribution in [3.63, 3.8) is 0 Å². The van der Waals surface area contributed by atoms with E-state index in [0.29, 0.717) is 49.1 Å². The molecule has 0 aliphatic carbocycles. The molecule has 0 atom stereocenters. The summed E-state index contributed by atoms with van der Waals surface area (Å²) >= 11 is 0. The van der Waals surface area contributed by atoms with E-state index < -0.39 is 0 Å². The van der Waals surface area contributed by atoms with Crippen LogP contribution in [0, 0.1) is 17.1 Å². The molecule has 3 rings (SSSR count). The first kappa shape index (κ1) is 22.6. The van der Waals surface area contributed by atoms with E-state index in [-0.39, 0.29) is 41.9 Å². The summed E-state index contributed by atoms with van der Waals surface area (Å²) in [5, 5.41) is 12.1. The summed E-state index contributed by atoms with van der Waals surface area (Å²) in [6.07, 6.45) is 3.25. The lowest BCUT2D eigenvalue weighted by molar-refractivity contribution is 0.370. The van der Waals surface area contributed by atoms with Crippen LogP contribution in [0.2, 0.25) is 0 Å². The maximum atomic E-state index is 14.0. The van der Waals surface area contributed by atoms with Gasteiger partial charge in [-0.05, 0) is 18.2 Å². The molecule has 0 radical (unpaired) electrons. The number of hydrogen-bond acceptors (Lipinski definition) is 5. The summed E-state index contributed by atoms with van der Waals surface area (Å²) in [6, 6.07) is 6.30. The molecular formula is C19H23FIN7O. The minimum atomic E-state index is -0.363. The van der Waals surface area contributed by atoms with Gasteiger partial charge < -0.3 is 19.7 Å². The fourth-order valence-electron chi connectivity index (χ4n) is 3.12. The highest BCUT2D eigenvalue weighted by atomic mass is 127. The Morgan fingerprint density at radius 1 is 1.34 bits per heavy atom. The van der Waals surface area contributed by atoms with Gasteiger partial charge in [0.1, 0.15) is 5.82 Å². The van der Waals surface area contributed by atoms with Crippen LogP contribution in [0.1, 0.15) is 11.1 Å². The van der Waals surface area contributed by atoms with Gasteiger partial charge >= 0.3 is 0 Å². The van der Waals surface area contributed by atoms with Crippen molar-refractivity contribution in [2.75, 3.05) is 38.1 Å². The molecule has 1 saturated heterocycles. The predicted molar refractivity (Wildman–Crippen MR) is 120 cm³/mol. The van der Waals surface area contributed by atoms with Crippen molar-refractivity contribution in [2.45, 2.75) is 6.54 Å². The van der Waals surface area contributed by atoms with Gasteiger partial charge in [0, 0.05) is 64.8 Å². The zero-order valence-corrected chi connectivity index (χ0v) is 18.6. The first-order chi connectivity index (χ1) is 13.5. The Labute approximate surface area is 185 Å². The molecule has 1 aromatic carbocycles. The van der Waals surface area contributed by atoms with Gasteiger partial charge in [0.05, 0.1) is 11.6 Å². The summed E-state index contributed by atoms with van der Waals surface area (Å²) in [6.45, 7) is 2.80. The highest BCUT2D eigenvalue weighted by Gasteiger charge is 2.22. The largest absolute Gasteiger partial charge is 0.352 e. The third-order valence-electron chi connectivity index (χ3n) is 4.70. The van der Waals surface area contributed by atoms with Gasteiger partial charge in [-0.3, -0.25) is 9.79 Å². The van der Waals surface area contributed by atoms with E-state index in [1.165, 1.54) is 22.8 Å². The number of aryl methyl sites for hydroxylation is 1. The average Bonchev–Trinajstić information content (AvgIpc) is 2.72. The second-order valence-electron chi connectivity index (χ2n) is 6.46. The van der Waals surface area contributed by atoms with Crippen LogP contribution in [0.4, 0.5) is 10.2 Å². The first-order valence-corrected chi connectivity index (χ1v) is 8.94. The Kier molecular flexibility index (Phi) is 7.95. The number of nitrogens with one attached hydrogen (secondary N) is 1. The van der Waals surface area contributed by atoms with Gasteiger partial charge in [0.25, 0.3) is 5.56 Å². The molecule has 1 aliphatic heterocycles. The average molecular weight is 511 g/mol. The molecule has 0 spiro atoms. The Morgan fingerprint density at radius 2 is 2.07 bits per heavy atom. The summed E-state index contributed by atoms with van der Waals surface area (Å²) in [7, 11) is 3.38. The summed E-state index contributed by atoms with van der Waals surface area (Å²) in [4.78, 5) is 24.7. The van der Waals surface area contributed by atoms with Crippen molar-refractivity contribution < 1.29 is 4.39 Å². The predicted octanol–water partition coefficient (Wildman–Crippen LogP) is 1.31. The SMILES string of the molecule is CN=C(NCc1cc(C#N)ccc1F)N1CCN(c2nccn(C)c2=O)CC1.I. The molecule has 10 heteroatoms. The van der Waals surface area contributed by atoms with Gasteiger partial charge in [-0.2, -0.15) is 5.26 Å². The van der Waals surface area contributed by atoms with Crippen LogP contribution in [0.15, 0.2) is 40.4 Å². The van der Waals surface area contributed by atoms with Gasteiger partial charge in [-0.15, -0.1) is 24.0 Å². The second kappa shape index (κ2) is 10.2. The topological polar surface area (TPSA) is 89.6 Å². The molecular weight excluding hydrogens is 488 g/mol. The van der Waals surface area contributed by atoms with Crippen molar-refractivity contribution in [3.05, 3.63) is 57.9 Å². The number of nitrogens with zero attached hydrogens (tertiary/aromatic N) is 6. The lowest BCUT2D eigenvalue weighted by Crippen LogP contribution is -2.53. The molecule has 2 heterocycles. The maximum Gasteiger partial charge on any atom is 0.293 e. The molecule has 29 heavy (non-hydrogen) atoms. The van der Waals surface area contributed by atoms with E-state index in [1.807, 2.05) is 11.0 Å². The molecule has 2 aromatic rings. The second-order valence-corrected chi connectivity index (χ2v) is 6.46. The molecule has 0 amide bonds. The molecule has 0 unspecified atom stereocenters. The van der Waals surface area contributed by atoms with E-state index in [2.05, 4.69) is 20.2 Å². The van der Waals surface area contributed by atoms with Crippen LogP contribution >= 0.6 is 24.0 Å². The van der Waals surface area contributed by atoms with Gasteiger partial charge in [-0.25, -0.2) is 9.37 Å². The fraction of sp³-hybridized carbons (Fsp3) is 0.368. The molecule has 1 aliphatic rings. The van der Waals surface area contributed by atoms with E-state index >= 15 is 0 Å². The molecule has 1 N–H and O–H groups in total. The van der Waals surface area contributed by atoms with Crippen molar-refractivity contribution in [1.82, 2.24) is 19.8 Å². The molecule has 1 aromatic heterocycles. The van der Waals surface area contributed by atoms with Gasteiger partial charge in [0.2, 0.25) is 0 Å². The van der Waals surface area contributed by atoms with Crippen molar-refractivity contribution in [3.8, 4) is 6.07 Å². The minimum absolute atomic E-state index is 0. The smallest absolute Gasteiger partial charge is 0.293 e. The zero-order valence-electron chi connectivity index (χ0n) is 16.3. The fourth-order valence-corrected chi connectivity index (χ4v) is 3.12. The quantitative estimate of drug-likeness (QED) is 0.380. The molecule has 1 fully saturated rings. The van der Waals surface area contributed by atoms with E-state index in [1.54, 1.807) is 26.5 Å². The molecule has 8 nitrogen and oxygen atoms in total. The number of nitriles is 1. The van der Waals surface area contributed by atoms with Gasteiger partial charge in [-0.1, -0.05) is 0 Å². The van der Waals surface area contributed by atoms with Crippen molar-refractivity contribution in [1.29, 1.82) is 5.26 Å². The third kappa shape index (κ3) is 5.23. The Hall–Kier alpha value is -2.68. The maximum absolute atomic E-state index is 14.0. The standard InChI is InChI=1S/C19H22FN7O.HI/c1-22-19(24-13-15-11-14(12-21)3-4-16(15)20)27-9-7-26(8-10-27)17-18(28)25(2)6-5-23-17;/h3-6,11H,7-10,13H2,1-2H3,(H,22,24);1H. The lowest BCUT2D eigenvalue weighted by atomic mass is 10.1. The van der Waals surface area contributed by atoms with Crippen molar-refractivity contribution >= 4 is 35.8 Å². The summed E-state index contributed by atoms with van der Waals surface area (Å²) in [5.41, 5.74) is 0.709. The van der Waals surface area contributed by atoms with Crippen LogP contribution in [0.5, 0.6) is 0 Å². The number of anilines is 1.